The van der Waals surface area contributed by atoms with E-state index in [1.54, 1.807) is 12.1 Å². The first-order valence-corrected chi connectivity index (χ1v) is 5.78. The number of anilines is 1. The molecule has 0 fully saturated rings. The molecule has 1 heterocycles. The first-order chi connectivity index (χ1) is 8.61. The van der Waals surface area contributed by atoms with Crippen molar-refractivity contribution in [3.05, 3.63) is 40.4 Å². The first kappa shape index (κ1) is 12.4. The Labute approximate surface area is 110 Å². The molecule has 0 saturated heterocycles. The summed E-state index contributed by atoms with van der Waals surface area (Å²) < 4.78 is 1.91. The van der Waals surface area contributed by atoms with E-state index >= 15 is 0 Å². The Balaban J connectivity index is 2.09. The van der Waals surface area contributed by atoms with E-state index in [-0.39, 0.29) is 0 Å². The van der Waals surface area contributed by atoms with Gasteiger partial charge in [-0.2, -0.15) is 5.26 Å². The van der Waals surface area contributed by atoms with Crippen LogP contribution < -0.4 is 5.32 Å². The largest absolute Gasteiger partial charge is 0.378 e. The van der Waals surface area contributed by atoms with Gasteiger partial charge in [0.2, 0.25) is 0 Å². The lowest BCUT2D eigenvalue weighted by atomic mass is 10.2. The second-order valence-corrected chi connectivity index (χ2v) is 4.29. The molecule has 1 aromatic heterocycles. The molecule has 18 heavy (non-hydrogen) atoms. The number of hydrogen-bond acceptors (Lipinski definition) is 4. The fourth-order valence-electron chi connectivity index (χ4n) is 1.50. The summed E-state index contributed by atoms with van der Waals surface area (Å²) in [4.78, 5) is 0. The summed E-state index contributed by atoms with van der Waals surface area (Å²) in [6.07, 6.45) is 0. The molecule has 0 spiro atoms. The summed E-state index contributed by atoms with van der Waals surface area (Å²) >= 11 is 5.95. The molecule has 92 valence electrons. The van der Waals surface area contributed by atoms with E-state index in [4.69, 9.17) is 16.9 Å². The van der Waals surface area contributed by atoms with Gasteiger partial charge < -0.3 is 9.88 Å². The molecule has 2 aromatic rings. The van der Waals surface area contributed by atoms with E-state index in [2.05, 4.69) is 15.5 Å². The maximum Gasteiger partial charge on any atom is 0.152 e. The maximum atomic E-state index is 8.78. The highest BCUT2D eigenvalue weighted by Crippen LogP contribution is 2.20. The first-order valence-electron chi connectivity index (χ1n) is 5.40. The molecule has 0 amide bonds. The second-order valence-electron chi connectivity index (χ2n) is 3.88. The Hall–Kier alpha value is -2.06. The van der Waals surface area contributed by atoms with Gasteiger partial charge in [0.15, 0.2) is 5.82 Å². The average Bonchev–Trinajstić information content (AvgIpc) is 2.68. The second kappa shape index (κ2) is 5.07. The number of rotatable bonds is 3. The van der Waals surface area contributed by atoms with Gasteiger partial charge in [-0.1, -0.05) is 11.6 Å². The van der Waals surface area contributed by atoms with Crippen LogP contribution in [0.1, 0.15) is 17.2 Å². The lowest BCUT2D eigenvalue weighted by molar-refractivity contribution is 0.789. The normalized spacial score (nSPS) is 10.1. The van der Waals surface area contributed by atoms with Gasteiger partial charge in [0.05, 0.1) is 17.1 Å². The molecule has 0 unspecified atom stereocenters. The number of halogens is 1. The zero-order chi connectivity index (χ0) is 13.1. The van der Waals surface area contributed by atoms with Crippen molar-refractivity contribution in [2.24, 2.45) is 7.05 Å². The third kappa shape index (κ3) is 2.44. The molecule has 2 rings (SSSR count). The smallest absolute Gasteiger partial charge is 0.152 e. The van der Waals surface area contributed by atoms with Crippen LogP contribution in [0.4, 0.5) is 5.69 Å². The van der Waals surface area contributed by atoms with E-state index < -0.39 is 0 Å². The van der Waals surface area contributed by atoms with Crippen LogP contribution in [0.25, 0.3) is 0 Å². The van der Waals surface area contributed by atoms with E-state index in [0.717, 1.165) is 17.3 Å². The minimum Gasteiger partial charge on any atom is -0.378 e. The van der Waals surface area contributed by atoms with Gasteiger partial charge in [0, 0.05) is 12.7 Å². The van der Waals surface area contributed by atoms with Crippen molar-refractivity contribution < 1.29 is 0 Å². The van der Waals surface area contributed by atoms with Crippen molar-refractivity contribution in [3.8, 4) is 6.07 Å². The van der Waals surface area contributed by atoms with Crippen molar-refractivity contribution in [1.82, 2.24) is 14.8 Å². The van der Waals surface area contributed by atoms with Crippen LogP contribution in [0, 0.1) is 18.3 Å². The number of aryl methyl sites for hydroxylation is 1. The monoisotopic (exact) mass is 261 g/mol. The standard InChI is InChI=1S/C12H12ClN5/c1-8-16-17-12(18(8)2)7-15-10-4-3-9(6-14)11(13)5-10/h3-5,15H,7H2,1-2H3. The molecule has 6 heteroatoms. The molecule has 1 aromatic carbocycles. The fraction of sp³-hybridized carbons (Fsp3) is 0.250. The topological polar surface area (TPSA) is 66.5 Å². The molecule has 0 bridgehead atoms. The van der Waals surface area contributed by atoms with Gasteiger partial charge >= 0.3 is 0 Å². The van der Waals surface area contributed by atoms with Gasteiger partial charge in [0.1, 0.15) is 11.9 Å². The van der Waals surface area contributed by atoms with Gasteiger partial charge in [-0.05, 0) is 25.1 Å². The van der Waals surface area contributed by atoms with Crippen LogP contribution in [-0.4, -0.2) is 14.8 Å². The Bertz CT molecular complexity index is 611. The molecule has 0 aliphatic carbocycles. The van der Waals surface area contributed by atoms with Crippen molar-refractivity contribution in [3.63, 3.8) is 0 Å². The molecule has 0 aliphatic heterocycles. The Morgan fingerprint density at radius 3 is 2.78 bits per heavy atom. The van der Waals surface area contributed by atoms with Crippen LogP contribution in [0.5, 0.6) is 0 Å². The van der Waals surface area contributed by atoms with Crippen LogP contribution in [-0.2, 0) is 13.6 Å². The lowest BCUT2D eigenvalue weighted by Crippen LogP contribution is -2.06. The number of nitrogens with one attached hydrogen (secondary N) is 1. The predicted molar refractivity (Wildman–Crippen MR) is 69.2 cm³/mol. The molecule has 0 aliphatic rings. The van der Waals surface area contributed by atoms with Crippen LogP contribution >= 0.6 is 11.6 Å². The molecular weight excluding hydrogens is 250 g/mol. The van der Waals surface area contributed by atoms with E-state index in [1.165, 1.54) is 0 Å². The maximum absolute atomic E-state index is 8.78. The molecule has 1 N–H and O–H groups in total. The van der Waals surface area contributed by atoms with Gasteiger partial charge in [-0.15, -0.1) is 10.2 Å². The molecule has 5 nitrogen and oxygen atoms in total. The highest BCUT2D eigenvalue weighted by molar-refractivity contribution is 6.32. The SMILES string of the molecule is Cc1nnc(CNc2ccc(C#N)c(Cl)c2)n1C. The summed E-state index contributed by atoms with van der Waals surface area (Å²) in [6.45, 7) is 2.45. The van der Waals surface area contributed by atoms with Crippen molar-refractivity contribution in [2.75, 3.05) is 5.32 Å². The van der Waals surface area contributed by atoms with Crippen LogP contribution in [0.3, 0.4) is 0 Å². The fourth-order valence-corrected chi connectivity index (χ4v) is 1.72. The zero-order valence-electron chi connectivity index (χ0n) is 10.1. The van der Waals surface area contributed by atoms with Gasteiger partial charge in [0.25, 0.3) is 0 Å². The van der Waals surface area contributed by atoms with Gasteiger partial charge in [-0.3, -0.25) is 0 Å². The summed E-state index contributed by atoms with van der Waals surface area (Å²) in [6, 6.07) is 7.25. The Kier molecular flexibility index (Phi) is 3.49. The average molecular weight is 262 g/mol. The van der Waals surface area contributed by atoms with Crippen molar-refractivity contribution in [2.45, 2.75) is 13.5 Å². The molecule has 0 saturated carbocycles. The van der Waals surface area contributed by atoms with E-state index in [0.29, 0.717) is 17.1 Å². The Morgan fingerprint density at radius 1 is 1.44 bits per heavy atom. The third-order valence-electron chi connectivity index (χ3n) is 2.72. The van der Waals surface area contributed by atoms with E-state index in [9.17, 15) is 0 Å². The van der Waals surface area contributed by atoms with E-state index in [1.807, 2.05) is 30.7 Å². The minimum atomic E-state index is 0.441. The van der Waals surface area contributed by atoms with Crippen molar-refractivity contribution in [1.29, 1.82) is 5.26 Å². The van der Waals surface area contributed by atoms with Crippen LogP contribution in [0.15, 0.2) is 18.2 Å². The number of nitrogens with zero attached hydrogens (tertiary/aromatic N) is 4. The predicted octanol–water partition coefficient (Wildman–Crippen LogP) is 2.26. The van der Waals surface area contributed by atoms with Crippen LogP contribution in [0.2, 0.25) is 5.02 Å². The number of nitriles is 1. The molecule has 0 radical (unpaired) electrons. The molecular formula is C12H12ClN5. The summed E-state index contributed by atoms with van der Waals surface area (Å²) in [7, 11) is 1.91. The quantitative estimate of drug-likeness (QED) is 0.920. The molecule has 0 atom stereocenters. The Morgan fingerprint density at radius 2 is 2.22 bits per heavy atom. The number of aromatic nitrogens is 3. The summed E-state index contributed by atoms with van der Waals surface area (Å²) in [5.41, 5.74) is 1.32. The summed E-state index contributed by atoms with van der Waals surface area (Å²) in [5, 5.41) is 20.4. The third-order valence-corrected chi connectivity index (χ3v) is 3.04. The number of hydrogen-bond donors (Lipinski definition) is 1. The minimum absolute atomic E-state index is 0.441. The highest BCUT2D eigenvalue weighted by Gasteiger charge is 2.05. The van der Waals surface area contributed by atoms with Crippen molar-refractivity contribution >= 4 is 17.3 Å². The zero-order valence-corrected chi connectivity index (χ0v) is 10.9. The van der Waals surface area contributed by atoms with Gasteiger partial charge in [-0.25, -0.2) is 0 Å². The highest BCUT2D eigenvalue weighted by atomic mass is 35.5. The lowest BCUT2D eigenvalue weighted by Gasteiger charge is -2.07. The number of benzene rings is 1. The summed E-state index contributed by atoms with van der Waals surface area (Å²) in [5.74, 6) is 1.71.